The summed E-state index contributed by atoms with van der Waals surface area (Å²) in [6.45, 7) is 4.27. The number of hydrogen-bond acceptors (Lipinski definition) is 3. The van der Waals surface area contributed by atoms with Crippen LogP contribution in [0.1, 0.15) is 30.0 Å². The summed E-state index contributed by atoms with van der Waals surface area (Å²) in [5.41, 5.74) is 2.43. The van der Waals surface area contributed by atoms with E-state index in [0.29, 0.717) is 18.5 Å². The largest absolute Gasteiger partial charge is 0.354 e. The summed E-state index contributed by atoms with van der Waals surface area (Å²) in [6, 6.07) is 16.1. The Morgan fingerprint density at radius 3 is 2.44 bits per heavy atom. The number of nitrogens with zero attached hydrogens (tertiary/aromatic N) is 1. The van der Waals surface area contributed by atoms with E-state index in [4.69, 9.17) is 0 Å². The number of hydrogen-bond donors (Lipinski definition) is 3. The third kappa shape index (κ3) is 4.73. The zero-order valence-corrected chi connectivity index (χ0v) is 15.5. The number of carbonyl (C=O) groups is 2. The number of nitrogens with one attached hydrogen (secondary N) is 3. The molecule has 3 rings (SSSR count). The molecule has 0 aliphatic carbocycles. The van der Waals surface area contributed by atoms with Gasteiger partial charge >= 0.3 is 0 Å². The van der Waals surface area contributed by atoms with Gasteiger partial charge in [0.05, 0.1) is 11.0 Å². The summed E-state index contributed by atoms with van der Waals surface area (Å²) in [5.74, 6) is 0.363. The van der Waals surface area contributed by atoms with Crippen LogP contribution in [-0.4, -0.2) is 34.4 Å². The first kappa shape index (κ1) is 18.6. The molecule has 1 unspecified atom stereocenters. The maximum atomic E-state index is 12.6. The summed E-state index contributed by atoms with van der Waals surface area (Å²) in [7, 11) is 0. The van der Waals surface area contributed by atoms with Crippen molar-refractivity contribution in [1.82, 2.24) is 20.6 Å². The van der Waals surface area contributed by atoms with Gasteiger partial charge in [0, 0.05) is 18.5 Å². The van der Waals surface area contributed by atoms with Gasteiger partial charge in [-0.1, -0.05) is 44.2 Å². The van der Waals surface area contributed by atoms with E-state index in [2.05, 4.69) is 20.6 Å². The first-order chi connectivity index (χ1) is 13.0. The van der Waals surface area contributed by atoms with Crippen LogP contribution >= 0.6 is 0 Å². The molecule has 3 aromatic rings. The van der Waals surface area contributed by atoms with Crippen LogP contribution in [0, 0.1) is 5.92 Å². The molecule has 6 nitrogen and oxygen atoms in total. The van der Waals surface area contributed by atoms with Gasteiger partial charge in [-0.2, -0.15) is 0 Å². The Labute approximate surface area is 158 Å². The smallest absolute Gasteiger partial charge is 0.251 e. The molecule has 1 heterocycles. The standard InChI is InChI=1S/C21H24N4O2/c1-14(2)19(25-20(26)15-8-4-3-5-9-15)21(27)22-13-12-18-23-16-10-6-7-11-17(16)24-18/h3-11,14,19H,12-13H2,1-2H3,(H,22,27)(H,23,24)(H,25,26). The number of para-hydroxylation sites is 2. The Kier molecular flexibility index (Phi) is 5.86. The van der Waals surface area contributed by atoms with Crippen molar-refractivity contribution >= 4 is 22.8 Å². The number of carbonyl (C=O) groups excluding carboxylic acids is 2. The lowest BCUT2D eigenvalue weighted by Crippen LogP contribution is -2.50. The molecule has 140 valence electrons. The molecule has 3 N–H and O–H groups in total. The second-order valence-corrected chi connectivity index (χ2v) is 6.80. The molecule has 0 radical (unpaired) electrons. The summed E-state index contributed by atoms with van der Waals surface area (Å²) in [6.07, 6.45) is 0.595. The molecule has 0 bridgehead atoms. The first-order valence-corrected chi connectivity index (χ1v) is 9.12. The molecule has 0 fully saturated rings. The predicted molar refractivity (Wildman–Crippen MR) is 105 cm³/mol. The van der Waals surface area contributed by atoms with Crippen LogP contribution in [0.15, 0.2) is 54.6 Å². The third-order valence-corrected chi connectivity index (χ3v) is 4.37. The topological polar surface area (TPSA) is 86.9 Å². The Morgan fingerprint density at radius 1 is 1.04 bits per heavy atom. The van der Waals surface area contributed by atoms with E-state index in [9.17, 15) is 9.59 Å². The fourth-order valence-corrected chi connectivity index (χ4v) is 2.89. The molecule has 1 atom stereocenters. The van der Waals surface area contributed by atoms with Gasteiger partial charge in [-0.15, -0.1) is 0 Å². The van der Waals surface area contributed by atoms with Gasteiger partial charge in [0.25, 0.3) is 5.91 Å². The Bertz CT molecular complexity index is 885. The van der Waals surface area contributed by atoms with Crippen LogP contribution in [0.4, 0.5) is 0 Å². The van der Waals surface area contributed by atoms with Crippen molar-refractivity contribution in [3.63, 3.8) is 0 Å². The number of amides is 2. The fourth-order valence-electron chi connectivity index (χ4n) is 2.89. The molecule has 0 saturated heterocycles. The van der Waals surface area contributed by atoms with Crippen molar-refractivity contribution in [3.05, 3.63) is 66.0 Å². The molecule has 0 aliphatic heterocycles. The highest BCUT2D eigenvalue weighted by atomic mass is 16.2. The number of fused-ring (bicyclic) bond motifs is 1. The molecule has 2 amide bonds. The molecule has 0 aliphatic rings. The Hall–Kier alpha value is -3.15. The van der Waals surface area contributed by atoms with E-state index in [-0.39, 0.29) is 17.7 Å². The third-order valence-electron chi connectivity index (χ3n) is 4.37. The second-order valence-electron chi connectivity index (χ2n) is 6.80. The highest BCUT2D eigenvalue weighted by Crippen LogP contribution is 2.10. The van der Waals surface area contributed by atoms with Gasteiger partial charge in [-0.05, 0) is 30.2 Å². The summed E-state index contributed by atoms with van der Waals surface area (Å²) in [5, 5.41) is 5.73. The average Bonchev–Trinajstić information content (AvgIpc) is 3.09. The summed E-state index contributed by atoms with van der Waals surface area (Å²) >= 11 is 0. The number of aromatic amines is 1. The van der Waals surface area contributed by atoms with Gasteiger partial charge < -0.3 is 15.6 Å². The lowest BCUT2D eigenvalue weighted by Gasteiger charge is -2.21. The number of imidazole rings is 1. The van der Waals surface area contributed by atoms with E-state index in [1.807, 2.05) is 44.2 Å². The van der Waals surface area contributed by atoms with E-state index in [0.717, 1.165) is 16.9 Å². The van der Waals surface area contributed by atoms with Crippen molar-refractivity contribution in [1.29, 1.82) is 0 Å². The Balaban J connectivity index is 1.56. The summed E-state index contributed by atoms with van der Waals surface area (Å²) < 4.78 is 0. The maximum Gasteiger partial charge on any atom is 0.251 e. The van der Waals surface area contributed by atoms with Gasteiger partial charge in [-0.3, -0.25) is 9.59 Å². The van der Waals surface area contributed by atoms with Crippen molar-refractivity contribution in [3.8, 4) is 0 Å². The maximum absolute atomic E-state index is 12.6. The van der Waals surface area contributed by atoms with Gasteiger partial charge in [0.15, 0.2) is 0 Å². The minimum Gasteiger partial charge on any atom is -0.354 e. The lowest BCUT2D eigenvalue weighted by molar-refractivity contribution is -0.123. The molecule has 1 aromatic heterocycles. The highest BCUT2D eigenvalue weighted by molar-refractivity contribution is 5.97. The van der Waals surface area contributed by atoms with Crippen LogP contribution < -0.4 is 10.6 Å². The summed E-state index contributed by atoms with van der Waals surface area (Å²) in [4.78, 5) is 32.7. The van der Waals surface area contributed by atoms with Gasteiger partial charge in [-0.25, -0.2) is 4.98 Å². The van der Waals surface area contributed by atoms with Crippen LogP contribution in [0.25, 0.3) is 11.0 Å². The zero-order chi connectivity index (χ0) is 19.2. The van der Waals surface area contributed by atoms with Crippen molar-refractivity contribution in [2.45, 2.75) is 26.3 Å². The fraction of sp³-hybridized carbons (Fsp3) is 0.286. The number of aromatic nitrogens is 2. The van der Waals surface area contributed by atoms with Crippen molar-refractivity contribution < 1.29 is 9.59 Å². The Morgan fingerprint density at radius 2 is 1.74 bits per heavy atom. The first-order valence-electron chi connectivity index (χ1n) is 9.12. The highest BCUT2D eigenvalue weighted by Gasteiger charge is 2.24. The van der Waals surface area contributed by atoms with Crippen LogP contribution in [0.2, 0.25) is 0 Å². The molecule has 0 spiro atoms. The lowest BCUT2D eigenvalue weighted by atomic mass is 10.0. The number of benzene rings is 2. The van der Waals surface area contributed by atoms with Crippen LogP contribution in [-0.2, 0) is 11.2 Å². The monoisotopic (exact) mass is 364 g/mol. The van der Waals surface area contributed by atoms with E-state index >= 15 is 0 Å². The zero-order valence-electron chi connectivity index (χ0n) is 15.5. The minimum absolute atomic E-state index is 0.0242. The number of H-pyrrole nitrogens is 1. The van der Waals surface area contributed by atoms with Crippen molar-refractivity contribution in [2.75, 3.05) is 6.54 Å². The van der Waals surface area contributed by atoms with Crippen molar-refractivity contribution in [2.24, 2.45) is 5.92 Å². The normalized spacial score (nSPS) is 12.1. The van der Waals surface area contributed by atoms with Crippen LogP contribution in [0.5, 0.6) is 0 Å². The molecule has 0 saturated carbocycles. The van der Waals surface area contributed by atoms with E-state index < -0.39 is 6.04 Å². The molecular formula is C21H24N4O2. The molecule has 27 heavy (non-hydrogen) atoms. The second kappa shape index (κ2) is 8.49. The average molecular weight is 364 g/mol. The molecular weight excluding hydrogens is 340 g/mol. The predicted octanol–water partition coefficient (Wildman–Crippen LogP) is 2.68. The van der Waals surface area contributed by atoms with E-state index in [1.54, 1.807) is 24.3 Å². The number of rotatable bonds is 7. The van der Waals surface area contributed by atoms with Gasteiger partial charge in [0.2, 0.25) is 5.91 Å². The van der Waals surface area contributed by atoms with Gasteiger partial charge in [0.1, 0.15) is 11.9 Å². The minimum atomic E-state index is -0.589. The van der Waals surface area contributed by atoms with E-state index in [1.165, 1.54) is 0 Å². The SMILES string of the molecule is CC(C)C(NC(=O)c1ccccc1)C(=O)NCCc1nc2ccccc2[nH]1. The molecule has 6 heteroatoms. The van der Waals surface area contributed by atoms with Crippen LogP contribution in [0.3, 0.4) is 0 Å². The quantitative estimate of drug-likeness (QED) is 0.602. The molecule has 2 aromatic carbocycles.